The highest BCUT2D eigenvalue weighted by Gasteiger charge is 2.33. The SMILES string of the molecule is COc1ccc(S(=O)(=O)NCCCN2c3ccccc3C[C@@H]2C)cc1N1C(=O)CCC1=O. The van der Waals surface area contributed by atoms with Gasteiger partial charge >= 0.3 is 0 Å². The highest BCUT2D eigenvalue weighted by atomic mass is 32.2. The van der Waals surface area contributed by atoms with Gasteiger partial charge in [0.1, 0.15) is 5.75 Å². The van der Waals surface area contributed by atoms with Crippen LogP contribution in [0.15, 0.2) is 47.4 Å². The Morgan fingerprint density at radius 3 is 2.50 bits per heavy atom. The number of hydrogen-bond donors (Lipinski definition) is 1. The monoisotopic (exact) mass is 457 g/mol. The summed E-state index contributed by atoms with van der Waals surface area (Å²) in [6.07, 6.45) is 1.85. The fraction of sp³-hybridized carbons (Fsp3) is 0.391. The van der Waals surface area contributed by atoms with E-state index in [1.807, 2.05) is 12.1 Å². The molecule has 0 saturated carbocycles. The van der Waals surface area contributed by atoms with Crippen LogP contribution < -0.4 is 19.3 Å². The molecule has 170 valence electrons. The number of nitrogens with zero attached hydrogens (tertiary/aromatic N) is 2. The maximum Gasteiger partial charge on any atom is 0.240 e. The predicted molar refractivity (Wildman–Crippen MR) is 121 cm³/mol. The quantitative estimate of drug-likeness (QED) is 0.483. The van der Waals surface area contributed by atoms with E-state index in [-0.39, 0.29) is 47.5 Å². The van der Waals surface area contributed by atoms with Gasteiger partial charge in [0.05, 0.1) is 17.7 Å². The van der Waals surface area contributed by atoms with E-state index >= 15 is 0 Å². The number of nitrogens with one attached hydrogen (secondary N) is 1. The molecule has 0 unspecified atom stereocenters. The third-order valence-electron chi connectivity index (χ3n) is 5.97. The molecule has 1 fully saturated rings. The van der Waals surface area contributed by atoms with Crippen molar-refractivity contribution in [3.63, 3.8) is 0 Å². The number of amides is 2. The maximum absolute atomic E-state index is 12.9. The number of carbonyl (C=O) groups is 2. The van der Waals surface area contributed by atoms with E-state index < -0.39 is 10.0 Å². The van der Waals surface area contributed by atoms with Crippen LogP contribution in [-0.4, -0.2) is 46.5 Å². The van der Waals surface area contributed by atoms with Gasteiger partial charge in [0.15, 0.2) is 0 Å². The molecule has 0 spiro atoms. The molecule has 9 heteroatoms. The summed E-state index contributed by atoms with van der Waals surface area (Å²) in [5.41, 5.74) is 2.69. The van der Waals surface area contributed by atoms with Gasteiger partial charge in [-0.3, -0.25) is 9.59 Å². The maximum atomic E-state index is 12.9. The van der Waals surface area contributed by atoms with Gasteiger partial charge in [-0.05, 0) is 49.6 Å². The first-order valence-electron chi connectivity index (χ1n) is 10.7. The number of fused-ring (bicyclic) bond motifs is 1. The van der Waals surface area contributed by atoms with Crippen LogP contribution in [0.2, 0.25) is 0 Å². The number of hydrogen-bond acceptors (Lipinski definition) is 6. The number of para-hydroxylation sites is 1. The summed E-state index contributed by atoms with van der Waals surface area (Å²) in [5.74, 6) is -0.458. The van der Waals surface area contributed by atoms with Crippen LogP contribution in [0, 0.1) is 0 Å². The van der Waals surface area contributed by atoms with Crippen LogP contribution >= 0.6 is 0 Å². The Morgan fingerprint density at radius 1 is 1.06 bits per heavy atom. The lowest BCUT2D eigenvalue weighted by Gasteiger charge is -2.25. The number of methoxy groups -OCH3 is 1. The molecule has 0 radical (unpaired) electrons. The van der Waals surface area contributed by atoms with Crippen molar-refractivity contribution in [3.8, 4) is 5.75 Å². The molecule has 8 nitrogen and oxygen atoms in total. The van der Waals surface area contributed by atoms with Gasteiger partial charge in [0, 0.05) is 37.7 Å². The van der Waals surface area contributed by atoms with Crippen LogP contribution in [-0.2, 0) is 26.0 Å². The van der Waals surface area contributed by atoms with Crippen LogP contribution in [0.25, 0.3) is 0 Å². The molecule has 2 aromatic rings. The van der Waals surface area contributed by atoms with Crippen LogP contribution in [0.4, 0.5) is 11.4 Å². The van der Waals surface area contributed by atoms with Gasteiger partial charge in [-0.15, -0.1) is 0 Å². The lowest BCUT2D eigenvalue weighted by atomic mass is 10.1. The van der Waals surface area contributed by atoms with Gasteiger partial charge in [0.2, 0.25) is 21.8 Å². The van der Waals surface area contributed by atoms with Crippen molar-refractivity contribution in [2.24, 2.45) is 0 Å². The van der Waals surface area contributed by atoms with Gasteiger partial charge < -0.3 is 9.64 Å². The molecular formula is C23H27N3O5S. The number of sulfonamides is 1. The molecule has 0 bridgehead atoms. The smallest absolute Gasteiger partial charge is 0.240 e. The molecule has 1 N–H and O–H groups in total. The van der Waals surface area contributed by atoms with E-state index in [4.69, 9.17) is 4.74 Å². The number of benzene rings is 2. The van der Waals surface area contributed by atoms with Gasteiger partial charge in [-0.25, -0.2) is 18.0 Å². The molecule has 2 heterocycles. The van der Waals surface area contributed by atoms with Crippen LogP contribution in [0.1, 0.15) is 31.7 Å². The minimum Gasteiger partial charge on any atom is -0.495 e. The Labute approximate surface area is 188 Å². The summed E-state index contributed by atoms with van der Waals surface area (Å²) in [6, 6.07) is 12.9. The zero-order chi connectivity index (χ0) is 22.9. The van der Waals surface area contributed by atoms with Crippen molar-refractivity contribution in [3.05, 3.63) is 48.0 Å². The number of carbonyl (C=O) groups excluding carboxylic acids is 2. The van der Waals surface area contributed by atoms with Crippen molar-refractivity contribution >= 4 is 33.2 Å². The molecule has 32 heavy (non-hydrogen) atoms. The van der Waals surface area contributed by atoms with E-state index in [0.717, 1.165) is 17.9 Å². The Balaban J connectivity index is 1.43. The van der Waals surface area contributed by atoms with Crippen LogP contribution in [0.3, 0.4) is 0 Å². The molecule has 2 aliphatic rings. The summed E-state index contributed by atoms with van der Waals surface area (Å²) in [4.78, 5) is 27.6. The minimum absolute atomic E-state index is 0.0133. The Bertz CT molecular complexity index is 1130. The summed E-state index contributed by atoms with van der Waals surface area (Å²) >= 11 is 0. The summed E-state index contributed by atoms with van der Waals surface area (Å²) in [5, 5.41) is 0. The molecule has 0 aromatic heterocycles. The average Bonchev–Trinajstić information content (AvgIpc) is 3.28. The third kappa shape index (κ3) is 4.22. The minimum atomic E-state index is -3.82. The predicted octanol–water partition coefficient (Wildman–Crippen LogP) is 2.47. The van der Waals surface area contributed by atoms with E-state index in [2.05, 4.69) is 28.7 Å². The largest absolute Gasteiger partial charge is 0.495 e. The Kier molecular flexibility index (Phi) is 6.21. The van der Waals surface area contributed by atoms with E-state index in [1.54, 1.807) is 0 Å². The lowest BCUT2D eigenvalue weighted by Crippen LogP contribution is -2.33. The molecular weight excluding hydrogens is 430 g/mol. The summed E-state index contributed by atoms with van der Waals surface area (Å²) in [6.45, 7) is 3.19. The lowest BCUT2D eigenvalue weighted by molar-refractivity contribution is -0.121. The Hall–Kier alpha value is -2.91. The van der Waals surface area contributed by atoms with Crippen molar-refractivity contribution in [1.29, 1.82) is 0 Å². The average molecular weight is 458 g/mol. The molecule has 0 aliphatic carbocycles. The standard InChI is InChI=1S/C23H27N3O5S/c1-16-14-17-6-3-4-7-19(17)25(16)13-5-12-24-32(29,30)18-8-9-21(31-2)20(15-18)26-22(27)10-11-23(26)28/h3-4,6-9,15-16,24H,5,10-14H2,1-2H3/t16-/m0/s1. The first-order valence-corrected chi connectivity index (χ1v) is 12.2. The van der Waals surface area contributed by atoms with Crippen LogP contribution in [0.5, 0.6) is 5.75 Å². The zero-order valence-corrected chi connectivity index (χ0v) is 19.0. The normalized spacial score (nSPS) is 18.4. The number of imide groups is 1. The van der Waals surface area contributed by atoms with E-state index in [0.29, 0.717) is 12.5 Å². The number of ether oxygens (including phenoxy) is 1. The molecule has 2 aromatic carbocycles. The van der Waals surface area contributed by atoms with E-state index in [1.165, 1.54) is 36.6 Å². The fourth-order valence-corrected chi connectivity index (χ4v) is 5.46. The van der Waals surface area contributed by atoms with Crippen molar-refractivity contribution in [1.82, 2.24) is 4.72 Å². The first-order chi connectivity index (χ1) is 15.3. The molecule has 1 saturated heterocycles. The second kappa shape index (κ2) is 8.91. The van der Waals surface area contributed by atoms with Gasteiger partial charge in [0.25, 0.3) is 0 Å². The first kappa shape index (κ1) is 22.3. The zero-order valence-electron chi connectivity index (χ0n) is 18.2. The topological polar surface area (TPSA) is 96.0 Å². The summed E-state index contributed by atoms with van der Waals surface area (Å²) < 4.78 is 33.6. The van der Waals surface area contributed by atoms with E-state index in [9.17, 15) is 18.0 Å². The molecule has 1 atom stereocenters. The van der Waals surface area contributed by atoms with Crippen molar-refractivity contribution in [2.45, 2.75) is 43.5 Å². The van der Waals surface area contributed by atoms with Gasteiger partial charge in [-0.2, -0.15) is 0 Å². The third-order valence-corrected chi connectivity index (χ3v) is 7.43. The van der Waals surface area contributed by atoms with Gasteiger partial charge in [-0.1, -0.05) is 18.2 Å². The molecule has 4 rings (SSSR count). The fourth-order valence-electron chi connectivity index (χ4n) is 4.37. The second-order valence-electron chi connectivity index (χ2n) is 8.08. The number of anilines is 2. The summed E-state index contributed by atoms with van der Waals surface area (Å²) in [7, 11) is -2.40. The number of rotatable bonds is 8. The molecule has 2 amide bonds. The van der Waals surface area contributed by atoms with Crippen molar-refractivity contribution < 1.29 is 22.7 Å². The van der Waals surface area contributed by atoms with Crippen molar-refractivity contribution in [2.75, 3.05) is 30.0 Å². The molecule has 2 aliphatic heterocycles. The highest BCUT2D eigenvalue weighted by molar-refractivity contribution is 7.89. The highest BCUT2D eigenvalue weighted by Crippen LogP contribution is 2.34. The Morgan fingerprint density at radius 2 is 1.78 bits per heavy atom. The second-order valence-corrected chi connectivity index (χ2v) is 9.85.